The molecule has 0 saturated heterocycles. The molecular formula is C10H17N3S. The Morgan fingerprint density at radius 2 is 2.36 bits per heavy atom. The number of hydrogen-bond donors (Lipinski definition) is 2. The Hall–Kier alpha value is -0.900. The second-order valence-electron chi connectivity index (χ2n) is 3.11. The highest BCUT2D eigenvalue weighted by atomic mass is 32.2. The van der Waals surface area contributed by atoms with E-state index in [9.17, 15) is 0 Å². The van der Waals surface area contributed by atoms with Gasteiger partial charge in [0.1, 0.15) is 5.82 Å². The Labute approximate surface area is 89.7 Å². The summed E-state index contributed by atoms with van der Waals surface area (Å²) < 4.78 is 0. The van der Waals surface area contributed by atoms with Crippen LogP contribution in [0.4, 0.5) is 11.5 Å². The molecule has 14 heavy (non-hydrogen) atoms. The van der Waals surface area contributed by atoms with Gasteiger partial charge >= 0.3 is 0 Å². The molecule has 4 heteroatoms. The first kappa shape index (κ1) is 11.2. The van der Waals surface area contributed by atoms with Gasteiger partial charge in [0.2, 0.25) is 0 Å². The van der Waals surface area contributed by atoms with Gasteiger partial charge in [-0.2, -0.15) is 11.8 Å². The zero-order valence-corrected chi connectivity index (χ0v) is 9.69. The van der Waals surface area contributed by atoms with Crippen molar-refractivity contribution in [2.75, 3.05) is 30.5 Å². The largest absolute Gasteiger partial charge is 0.384 e. The van der Waals surface area contributed by atoms with Crippen LogP contribution in [0, 0.1) is 0 Å². The van der Waals surface area contributed by atoms with Gasteiger partial charge in [-0.3, -0.25) is 0 Å². The van der Waals surface area contributed by atoms with E-state index in [0.717, 1.165) is 18.1 Å². The molecule has 1 aromatic heterocycles. The monoisotopic (exact) mass is 211 g/mol. The molecule has 1 atom stereocenters. The predicted octanol–water partition coefficient (Wildman–Crippen LogP) is 2.29. The van der Waals surface area contributed by atoms with Gasteiger partial charge in [0.05, 0.1) is 0 Å². The van der Waals surface area contributed by atoms with Gasteiger partial charge in [-0.15, -0.1) is 0 Å². The molecule has 0 fully saturated rings. The number of thioether (sulfide) groups is 1. The van der Waals surface area contributed by atoms with Gasteiger partial charge in [0.15, 0.2) is 0 Å². The lowest BCUT2D eigenvalue weighted by Crippen LogP contribution is -2.12. The molecular weight excluding hydrogens is 194 g/mol. The molecule has 78 valence electrons. The minimum atomic E-state index is 0.626. The van der Waals surface area contributed by atoms with Crippen LogP contribution in [0.1, 0.15) is 6.92 Å². The van der Waals surface area contributed by atoms with Crippen LogP contribution in [0.5, 0.6) is 0 Å². The third kappa shape index (κ3) is 3.46. The molecule has 0 aromatic carbocycles. The average molecular weight is 211 g/mol. The average Bonchev–Trinajstić information content (AvgIpc) is 2.26. The zero-order chi connectivity index (χ0) is 10.4. The van der Waals surface area contributed by atoms with E-state index in [1.54, 1.807) is 6.20 Å². The number of hydrogen-bond acceptors (Lipinski definition) is 4. The van der Waals surface area contributed by atoms with E-state index in [-0.39, 0.29) is 0 Å². The molecule has 0 spiro atoms. The van der Waals surface area contributed by atoms with Crippen molar-refractivity contribution in [3.63, 3.8) is 0 Å². The van der Waals surface area contributed by atoms with Crippen LogP contribution in [-0.2, 0) is 0 Å². The maximum absolute atomic E-state index is 4.15. The highest BCUT2D eigenvalue weighted by Crippen LogP contribution is 2.12. The normalized spacial score (nSPS) is 12.2. The molecule has 0 saturated carbocycles. The highest BCUT2D eigenvalue weighted by molar-refractivity contribution is 7.99. The summed E-state index contributed by atoms with van der Waals surface area (Å²) in [6, 6.07) is 3.99. The Morgan fingerprint density at radius 3 is 3.00 bits per heavy atom. The Balaban J connectivity index is 2.50. The first-order valence-electron chi connectivity index (χ1n) is 4.66. The van der Waals surface area contributed by atoms with Crippen molar-refractivity contribution in [3.05, 3.63) is 18.3 Å². The molecule has 0 amide bonds. The summed E-state index contributed by atoms with van der Waals surface area (Å²) in [5.74, 6) is 0.895. The lowest BCUT2D eigenvalue weighted by atomic mass is 10.3. The number of anilines is 2. The fourth-order valence-corrected chi connectivity index (χ4v) is 1.27. The Bertz CT molecular complexity index is 278. The van der Waals surface area contributed by atoms with Gasteiger partial charge in [-0.1, -0.05) is 6.92 Å². The molecule has 0 bridgehead atoms. The molecule has 1 rings (SSSR count). The first-order valence-corrected chi connectivity index (χ1v) is 5.95. The Morgan fingerprint density at radius 1 is 1.57 bits per heavy atom. The van der Waals surface area contributed by atoms with Crippen molar-refractivity contribution in [1.29, 1.82) is 0 Å². The molecule has 2 N–H and O–H groups in total. The van der Waals surface area contributed by atoms with Crippen LogP contribution in [0.15, 0.2) is 18.3 Å². The third-order valence-electron chi connectivity index (χ3n) is 2.01. The van der Waals surface area contributed by atoms with Crippen LogP contribution in [-0.4, -0.2) is 30.1 Å². The molecule has 0 aliphatic rings. The van der Waals surface area contributed by atoms with Gasteiger partial charge in [0.25, 0.3) is 0 Å². The molecule has 0 aliphatic carbocycles. The van der Waals surface area contributed by atoms with Crippen LogP contribution in [0.25, 0.3) is 0 Å². The summed E-state index contributed by atoms with van der Waals surface area (Å²) in [7, 11) is 1.87. The highest BCUT2D eigenvalue weighted by Gasteiger charge is 1.99. The molecule has 3 nitrogen and oxygen atoms in total. The summed E-state index contributed by atoms with van der Waals surface area (Å²) >= 11 is 1.86. The van der Waals surface area contributed by atoms with Crippen molar-refractivity contribution in [3.8, 4) is 0 Å². The fourth-order valence-electron chi connectivity index (χ4n) is 1.02. The van der Waals surface area contributed by atoms with Crippen LogP contribution in [0.2, 0.25) is 0 Å². The van der Waals surface area contributed by atoms with Gasteiger partial charge in [-0.05, 0) is 12.3 Å². The van der Waals surface area contributed by atoms with E-state index >= 15 is 0 Å². The van der Waals surface area contributed by atoms with E-state index in [1.165, 1.54) is 0 Å². The van der Waals surface area contributed by atoms with Gasteiger partial charge in [0, 0.05) is 36.8 Å². The van der Waals surface area contributed by atoms with Gasteiger partial charge in [-0.25, -0.2) is 4.98 Å². The van der Waals surface area contributed by atoms with Gasteiger partial charge < -0.3 is 10.6 Å². The van der Waals surface area contributed by atoms with Crippen molar-refractivity contribution >= 4 is 23.3 Å². The van der Waals surface area contributed by atoms with E-state index in [4.69, 9.17) is 0 Å². The van der Waals surface area contributed by atoms with E-state index in [1.807, 2.05) is 30.9 Å². The SMILES string of the molecule is CNc1cc(NCC(C)SC)ccn1. The van der Waals surface area contributed by atoms with Crippen molar-refractivity contribution in [1.82, 2.24) is 4.98 Å². The summed E-state index contributed by atoms with van der Waals surface area (Å²) in [6.07, 6.45) is 3.93. The number of aromatic nitrogens is 1. The standard InChI is InChI=1S/C10H17N3S/c1-8(14-3)7-13-9-4-5-12-10(6-9)11-2/h4-6,8H,7H2,1-3H3,(H2,11,12,13). The minimum absolute atomic E-state index is 0.626. The van der Waals surface area contributed by atoms with Crippen molar-refractivity contribution in [2.45, 2.75) is 12.2 Å². The lowest BCUT2D eigenvalue weighted by molar-refractivity contribution is 1.00. The van der Waals surface area contributed by atoms with Crippen LogP contribution >= 0.6 is 11.8 Å². The molecule has 1 heterocycles. The van der Waals surface area contributed by atoms with Crippen LogP contribution in [0.3, 0.4) is 0 Å². The fraction of sp³-hybridized carbons (Fsp3) is 0.500. The number of pyridine rings is 1. The molecule has 1 unspecified atom stereocenters. The zero-order valence-electron chi connectivity index (χ0n) is 8.87. The summed E-state index contributed by atoms with van der Waals surface area (Å²) in [5, 5.41) is 7.01. The lowest BCUT2D eigenvalue weighted by Gasteiger charge is -2.11. The summed E-state index contributed by atoms with van der Waals surface area (Å²) in [5.41, 5.74) is 1.12. The van der Waals surface area contributed by atoms with E-state index in [2.05, 4.69) is 28.8 Å². The van der Waals surface area contributed by atoms with Crippen molar-refractivity contribution in [2.24, 2.45) is 0 Å². The maximum Gasteiger partial charge on any atom is 0.127 e. The van der Waals surface area contributed by atoms with E-state index in [0.29, 0.717) is 5.25 Å². The molecule has 0 aliphatic heterocycles. The van der Waals surface area contributed by atoms with Crippen LogP contribution < -0.4 is 10.6 Å². The quantitative estimate of drug-likeness (QED) is 0.783. The maximum atomic E-state index is 4.15. The number of nitrogens with one attached hydrogen (secondary N) is 2. The number of rotatable bonds is 5. The topological polar surface area (TPSA) is 37.0 Å². The van der Waals surface area contributed by atoms with Crippen molar-refractivity contribution < 1.29 is 0 Å². The predicted molar refractivity (Wildman–Crippen MR) is 65.3 cm³/mol. The second kappa shape index (κ2) is 5.75. The smallest absolute Gasteiger partial charge is 0.127 e. The first-order chi connectivity index (χ1) is 6.76. The second-order valence-corrected chi connectivity index (χ2v) is 4.38. The minimum Gasteiger partial charge on any atom is -0.384 e. The summed E-state index contributed by atoms with van der Waals surface area (Å²) in [4.78, 5) is 4.15. The Kier molecular flexibility index (Phi) is 4.59. The third-order valence-corrected chi connectivity index (χ3v) is 2.98. The summed E-state index contributed by atoms with van der Waals surface area (Å²) in [6.45, 7) is 3.19. The van der Waals surface area contributed by atoms with E-state index < -0.39 is 0 Å². The molecule has 1 aromatic rings. The molecule has 0 radical (unpaired) electrons. The number of nitrogens with zero attached hydrogens (tertiary/aromatic N) is 1.